The first-order valence-electron chi connectivity index (χ1n) is 9.22. The second-order valence-corrected chi connectivity index (χ2v) is 8.81. The maximum absolute atomic E-state index is 12.9. The van der Waals surface area contributed by atoms with Crippen LogP contribution in [-0.4, -0.2) is 37.8 Å². The van der Waals surface area contributed by atoms with Crippen LogP contribution in [-0.2, 0) is 21.0 Å². The molecule has 1 aromatic carbocycles. The molecule has 1 amide bonds. The van der Waals surface area contributed by atoms with E-state index in [2.05, 4.69) is 11.9 Å². The zero-order valence-electron chi connectivity index (χ0n) is 15.5. The molecule has 0 bridgehead atoms. The summed E-state index contributed by atoms with van der Waals surface area (Å²) in [6.07, 6.45) is 2.54. The largest absolute Gasteiger partial charge is 0.416 e. The summed E-state index contributed by atoms with van der Waals surface area (Å²) >= 11 is 0. The number of carbonyl (C=O) groups is 1. The minimum absolute atomic E-state index is 0.00292. The number of alkyl halides is 3. The Hall–Kier alpha value is -1.87. The predicted molar refractivity (Wildman–Crippen MR) is 100 cm³/mol. The van der Waals surface area contributed by atoms with Crippen molar-refractivity contribution < 1.29 is 26.4 Å². The average molecular weight is 418 g/mol. The fourth-order valence-corrected chi connectivity index (χ4v) is 4.64. The first kappa shape index (κ1) is 22.4. The molecular weight excluding hydrogens is 393 g/mol. The molecule has 9 heteroatoms. The molecule has 2 rings (SSSR count). The van der Waals surface area contributed by atoms with Crippen LogP contribution >= 0.6 is 0 Å². The van der Waals surface area contributed by atoms with E-state index in [0.717, 1.165) is 61.0 Å². The molecule has 1 N–H and O–H groups in total. The molecule has 1 aliphatic carbocycles. The van der Waals surface area contributed by atoms with Gasteiger partial charge in [-0.05, 0) is 31.0 Å². The van der Waals surface area contributed by atoms with Gasteiger partial charge in [0.25, 0.3) is 0 Å². The van der Waals surface area contributed by atoms with Crippen molar-refractivity contribution in [3.05, 3.63) is 42.5 Å². The van der Waals surface area contributed by atoms with Crippen molar-refractivity contribution in [2.75, 3.05) is 13.1 Å². The molecule has 0 aliphatic heterocycles. The number of benzene rings is 1. The highest BCUT2D eigenvalue weighted by atomic mass is 32.2. The van der Waals surface area contributed by atoms with Crippen LogP contribution in [0.3, 0.4) is 0 Å². The molecule has 0 saturated heterocycles. The molecule has 0 spiro atoms. The third-order valence-corrected chi connectivity index (χ3v) is 6.48. The fraction of sp³-hybridized carbons (Fsp3) is 0.526. The van der Waals surface area contributed by atoms with E-state index in [1.54, 1.807) is 0 Å². The van der Waals surface area contributed by atoms with Crippen molar-refractivity contribution in [3.8, 4) is 0 Å². The van der Waals surface area contributed by atoms with E-state index in [1.807, 2.05) is 0 Å². The second-order valence-electron chi connectivity index (χ2n) is 6.87. The van der Waals surface area contributed by atoms with Crippen molar-refractivity contribution in [1.82, 2.24) is 9.62 Å². The third kappa shape index (κ3) is 6.07. The Morgan fingerprint density at radius 2 is 1.86 bits per heavy atom. The molecule has 0 heterocycles. The number of halogens is 3. The summed E-state index contributed by atoms with van der Waals surface area (Å²) in [5.41, 5.74) is -1.06. The lowest BCUT2D eigenvalue weighted by Gasteiger charge is -2.23. The molecule has 1 saturated carbocycles. The van der Waals surface area contributed by atoms with E-state index in [9.17, 15) is 26.4 Å². The molecule has 0 atom stereocenters. The summed E-state index contributed by atoms with van der Waals surface area (Å²) < 4.78 is 65.2. The Balaban J connectivity index is 2.17. The van der Waals surface area contributed by atoms with Gasteiger partial charge in [-0.1, -0.05) is 37.8 Å². The van der Waals surface area contributed by atoms with Gasteiger partial charge >= 0.3 is 6.18 Å². The Kier molecular flexibility index (Phi) is 7.65. The van der Waals surface area contributed by atoms with Gasteiger partial charge in [0.1, 0.15) is 0 Å². The Bertz CT molecular complexity index is 786. The zero-order chi connectivity index (χ0) is 20.8. The van der Waals surface area contributed by atoms with Crippen LogP contribution in [0.5, 0.6) is 0 Å². The molecule has 0 radical (unpaired) electrons. The molecule has 0 aromatic heterocycles. The quantitative estimate of drug-likeness (QED) is 0.542. The topological polar surface area (TPSA) is 66.5 Å². The van der Waals surface area contributed by atoms with E-state index in [-0.39, 0.29) is 12.6 Å². The summed E-state index contributed by atoms with van der Waals surface area (Å²) in [4.78, 5) is 11.9. The predicted octanol–water partition coefficient (Wildman–Crippen LogP) is 3.72. The Labute approximate surface area is 163 Å². The van der Waals surface area contributed by atoms with Gasteiger partial charge in [-0.25, -0.2) is 8.42 Å². The van der Waals surface area contributed by atoms with Crippen LogP contribution in [0.4, 0.5) is 13.2 Å². The minimum Gasteiger partial charge on any atom is -0.352 e. The minimum atomic E-state index is -4.66. The number of nitrogens with zero attached hydrogens (tertiary/aromatic N) is 1. The summed E-state index contributed by atoms with van der Waals surface area (Å²) in [6.45, 7) is 2.83. The Morgan fingerprint density at radius 1 is 1.21 bits per heavy atom. The van der Waals surface area contributed by atoms with Gasteiger partial charge in [-0.15, -0.1) is 6.58 Å². The van der Waals surface area contributed by atoms with E-state index in [0.29, 0.717) is 6.07 Å². The summed E-state index contributed by atoms with van der Waals surface area (Å²) in [5.74, 6) is -0.468. The van der Waals surface area contributed by atoms with E-state index in [4.69, 9.17) is 0 Å². The highest BCUT2D eigenvalue weighted by molar-refractivity contribution is 7.89. The van der Waals surface area contributed by atoms with Crippen molar-refractivity contribution >= 4 is 15.9 Å². The van der Waals surface area contributed by atoms with Gasteiger partial charge in [-0.2, -0.15) is 17.5 Å². The highest BCUT2D eigenvalue weighted by Gasteiger charge is 2.33. The van der Waals surface area contributed by atoms with E-state index >= 15 is 0 Å². The zero-order valence-corrected chi connectivity index (χ0v) is 16.4. The molecule has 28 heavy (non-hydrogen) atoms. The number of nitrogens with one attached hydrogen (secondary N) is 1. The van der Waals surface area contributed by atoms with Crippen LogP contribution in [0.2, 0.25) is 0 Å². The molecule has 0 unspecified atom stereocenters. The Morgan fingerprint density at radius 3 is 2.43 bits per heavy atom. The van der Waals surface area contributed by atoms with Crippen LogP contribution in [0.25, 0.3) is 0 Å². The standard InChI is InChI=1S/C19H25F3N2O3S/c1-2-12-24(14-18(25)23-16-9-5-3-4-6-10-16)28(26,27)17-11-7-8-15(13-17)19(20,21)22/h2,7-8,11,13,16H,1,3-6,9-10,12,14H2,(H,23,25). The summed E-state index contributed by atoms with van der Waals surface area (Å²) in [7, 11) is -4.29. The molecule has 1 fully saturated rings. The third-order valence-electron chi connectivity index (χ3n) is 4.67. The van der Waals surface area contributed by atoms with Gasteiger partial charge in [0.05, 0.1) is 17.0 Å². The first-order valence-corrected chi connectivity index (χ1v) is 10.7. The molecule has 5 nitrogen and oxygen atoms in total. The maximum Gasteiger partial charge on any atom is 0.416 e. The number of carbonyl (C=O) groups excluding carboxylic acids is 1. The fourth-order valence-electron chi connectivity index (χ4n) is 3.23. The van der Waals surface area contributed by atoms with Crippen molar-refractivity contribution in [3.63, 3.8) is 0 Å². The average Bonchev–Trinajstić information content (AvgIpc) is 2.89. The second kappa shape index (κ2) is 9.56. The van der Waals surface area contributed by atoms with E-state index < -0.39 is 39.1 Å². The maximum atomic E-state index is 12.9. The smallest absolute Gasteiger partial charge is 0.352 e. The molecule has 1 aliphatic rings. The molecular formula is C19H25F3N2O3S. The van der Waals surface area contributed by atoms with Gasteiger partial charge < -0.3 is 5.32 Å². The monoisotopic (exact) mass is 418 g/mol. The lowest BCUT2D eigenvalue weighted by molar-refractivity contribution is -0.137. The van der Waals surface area contributed by atoms with Crippen molar-refractivity contribution in [2.45, 2.75) is 55.6 Å². The van der Waals surface area contributed by atoms with Gasteiger partial charge in [0, 0.05) is 12.6 Å². The highest BCUT2D eigenvalue weighted by Crippen LogP contribution is 2.31. The lowest BCUT2D eigenvalue weighted by Crippen LogP contribution is -2.44. The van der Waals surface area contributed by atoms with Crippen LogP contribution in [0.1, 0.15) is 44.1 Å². The molecule has 1 aromatic rings. The van der Waals surface area contributed by atoms with Gasteiger partial charge in [0.2, 0.25) is 15.9 Å². The normalized spacial score (nSPS) is 16.6. The number of sulfonamides is 1. The first-order chi connectivity index (χ1) is 13.1. The molecule has 156 valence electrons. The number of amides is 1. The number of hydrogen-bond donors (Lipinski definition) is 1. The van der Waals surface area contributed by atoms with Crippen LogP contribution < -0.4 is 5.32 Å². The van der Waals surface area contributed by atoms with Gasteiger partial charge in [-0.3, -0.25) is 4.79 Å². The summed E-state index contributed by atoms with van der Waals surface area (Å²) in [6, 6.07) is 3.50. The van der Waals surface area contributed by atoms with Gasteiger partial charge in [0.15, 0.2) is 0 Å². The number of hydrogen-bond acceptors (Lipinski definition) is 3. The van der Waals surface area contributed by atoms with Crippen molar-refractivity contribution in [2.24, 2.45) is 0 Å². The van der Waals surface area contributed by atoms with E-state index in [1.165, 1.54) is 6.08 Å². The van der Waals surface area contributed by atoms with Crippen LogP contribution in [0, 0.1) is 0 Å². The van der Waals surface area contributed by atoms with Crippen molar-refractivity contribution in [1.29, 1.82) is 0 Å². The summed E-state index contributed by atoms with van der Waals surface area (Å²) in [5, 5.41) is 2.85. The SMILES string of the molecule is C=CCN(CC(=O)NC1CCCCCC1)S(=O)(=O)c1cccc(C(F)(F)F)c1. The van der Waals surface area contributed by atoms with Crippen LogP contribution in [0.15, 0.2) is 41.8 Å². The number of rotatable bonds is 7. The lowest BCUT2D eigenvalue weighted by atomic mass is 10.1.